The highest BCUT2D eigenvalue weighted by atomic mass is 35.5. The Morgan fingerprint density at radius 1 is 1.75 bits per heavy atom. The first kappa shape index (κ1) is 5.51. The summed E-state index contributed by atoms with van der Waals surface area (Å²) in [5, 5.41) is 4.38. The van der Waals surface area contributed by atoms with E-state index in [4.69, 9.17) is 11.6 Å². The van der Waals surface area contributed by atoms with Gasteiger partial charge in [0.2, 0.25) is 0 Å². The third kappa shape index (κ3) is 1.17. The van der Waals surface area contributed by atoms with Crippen molar-refractivity contribution in [2.75, 3.05) is 0 Å². The van der Waals surface area contributed by atoms with E-state index in [2.05, 4.69) is 5.10 Å². The van der Waals surface area contributed by atoms with Gasteiger partial charge in [-0.1, -0.05) is 16.3 Å². The Morgan fingerprint density at radius 3 is 2.88 bits per heavy atom. The molecule has 1 aromatic rings. The van der Waals surface area contributed by atoms with Gasteiger partial charge in [-0.05, 0) is 6.07 Å². The second-order valence-electron chi connectivity index (χ2n) is 1.50. The predicted octanol–water partition coefficient (Wildman–Crippen LogP) is 0.559. The molecule has 0 spiro atoms. The average molecular weight is 130 g/mol. The summed E-state index contributed by atoms with van der Waals surface area (Å²) in [5.74, 6) is 0. The molecule has 0 unspecified atom stereocenters. The highest BCUT2D eigenvalue weighted by Crippen LogP contribution is 1.95. The molecule has 0 saturated heterocycles. The molecule has 42 valence electrons. The molecule has 0 aromatic carbocycles. The molecule has 0 fully saturated rings. The van der Waals surface area contributed by atoms with Crippen LogP contribution in [0.4, 0.5) is 0 Å². The fourth-order valence-electron chi connectivity index (χ4n) is 0.464. The highest BCUT2D eigenvalue weighted by molar-refractivity contribution is 6.29. The lowest BCUT2D eigenvalue weighted by atomic mass is 10.6. The van der Waals surface area contributed by atoms with E-state index in [1.165, 1.54) is 0 Å². The number of hydrogen-bond donors (Lipinski definition) is 0. The van der Waals surface area contributed by atoms with Gasteiger partial charge in [-0.15, -0.1) is 0 Å². The van der Waals surface area contributed by atoms with Crippen molar-refractivity contribution in [2.45, 2.75) is 0 Å². The van der Waals surface area contributed by atoms with Crippen LogP contribution in [0, 0.1) is 0 Å². The summed E-state index contributed by atoms with van der Waals surface area (Å²) >= 11 is 5.51. The van der Waals surface area contributed by atoms with Crippen molar-refractivity contribution >= 4 is 11.6 Å². The second-order valence-corrected chi connectivity index (χ2v) is 1.89. The SMILES string of the molecule is C[n+]1cccc(Cl)n1. The van der Waals surface area contributed by atoms with Gasteiger partial charge >= 0.3 is 0 Å². The molecule has 8 heavy (non-hydrogen) atoms. The number of rotatable bonds is 0. The minimum Gasteiger partial charge on any atom is -0.0926 e. The minimum atomic E-state index is 0.523. The van der Waals surface area contributed by atoms with Crippen LogP contribution < -0.4 is 4.68 Å². The van der Waals surface area contributed by atoms with Crippen molar-refractivity contribution in [3.63, 3.8) is 0 Å². The van der Waals surface area contributed by atoms with Gasteiger partial charge in [-0.3, -0.25) is 0 Å². The Morgan fingerprint density at radius 2 is 2.50 bits per heavy atom. The van der Waals surface area contributed by atoms with Gasteiger partial charge < -0.3 is 0 Å². The molecule has 0 aliphatic heterocycles. The maximum absolute atomic E-state index is 5.51. The summed E-state index contributed by atoms with van der Waals surface area (Å²) in [6, 6.07) is 3.58. The Kier molecular flexibility index (Phi) is 1.44. The molecule has 1 rings (SSSR count). The summed E-state index contributed by atoms with van der Waals surface area (Å²) in [6.45, 7) is 0. The number of aryl methyl sites for hydroxylation is 1. The van der Waals surface area contributed by atoms with Crippen LogP contribution in [0.15, 0.2) is 18.3 Å². The van der Waals surface area contributed by atoms with Gasteiger partial charge in [-0.25, -0.2) is 0 Å². The Bertz CT molecular complexity index is 170. The fraction of sp³-hybridized carbons (Fsp3) is 0.200. The molecule has 0 saturated carbocycles. The summed E-state index contributed by atoms with van der Waals surface area (Å²) in [4.78, 5) is 0. The lowest BCUT2D eigenvalue weighted by Crippen LogP contribution is -2.31. The number of nitrogens with zero attached hydrogens (tertiary/aromatic N) is 2. The van der Waals surface area contributed by atoms with E-state index in [1.807, 2.05) is 19.3 Å². The summed E-state index contributed by atoms with van der Waals surface area (Å²) < 4.78 is 1.66. The summed E-state index contributed by atoms with van der Waals surface area (Å²) in [7, 11) is 1.83. The molecule has 2 nitrogen and oxygen atoms in total. The first-order valence-electron chi connectivity index (χ1n) is 2.27. The fourth-order valence-corrected chi connectivity index (χ4v) is 0.656. The van der Waals surface area contributed by atoms with Crippen molar-refractivity contribution in [3.8, 4) is 0 Å². The van der Waals surface area contributed by atoms with Gasteiger partial charge in [-0.2, -0.15) is 0 Å². The van der Waals surface area contributed by atoms with Crippen LogP contribution in [0.2, 0.25) is 5.15 Å². The van der Waals surface area contributed by atoms with Crippen LogP contribution in [-0.4, -0.2) is 5.10 Å². The molecular formula is C5H6ClN2+. The quantitative estimate of drug-likeness (QED) is 0.468. The van der Waals surface area contributed by atoms with E-state index >= 15 is 0 Å². The standard InChI is InChI=1S/C5H6ClN2/c1-8-4-2-3-5(6)7-8/h2-4H,1H3/q+1. The third-order valence-corrected chi connectivity index (χ3v) is 0.990. The van der Waals surface area contributed by atoms with Crippen LogP contribution in [0.1, 0.15) is 0 Å². The largest absolute Gasteiger partial charge is 0.196 e. The van der Waals surface area contributed by atoms with Crippen molar-refractivity contribution in [2.24, 2.45) is 7.05 Å². The first-order chi connectivity index (χ1) is 3.79. The lowest BCUT2D eigenvalue weighted by Gasteiger charge is -1.80. The number of hydrogen-bond acceptors (Lipinski definition) is 1. The maximum Gasteiger partial charge on any atom is 0.196 e. The third-order valence-electron chi connectivity index (χ3n) is 0.789. The molecule has 0 N–H and O–H groups in total. The summed E-state index contributed by atoms with van der Waals surface area (Å²) in [6.07, 6.45) is 1.83. The van der Waals surface area contributed by atoms with Gasteiger partial charge in [0.15, 0.2) is 18.4 Å². The van der Waals surface area contributed by atoms with Crippen LogP contribution in [-0.2, 0) is 7.05 Å². The molecule has 0 amide bonds. The van der Waals surface area contributed by atoms with Gasteiger partial charge in [0.25, 0.3) is 0 Å². The molecule has 3 heteroatoms. The maximum atomic E-state index is 5.51. The normalized spacial score (nSPS) is 9.25. The zero-order chi connectivity index (χ0) is 5.98. The Hall–Kier alpha value is -0.630. The lowest BCUT2D eigenvalue weighted by molar-refractivity contribution is -0.730. The highest BCUT2D eigenvalue weighted by Gasteiger charge is 1.91. The smallest absolute Gasteiger partial charge is 0.0926 e. The van der Waals surface area contributed by atoms with Gasteiger partial charge in [0.05, 0.1) is 0 Å². The van der Waals surface area contributed by atoms with Crippen LogP contribution in [0.5, 0.6) is 0 Å². The molecule has 1 heterocycles. The Balaban J connectivity index is 3.08. The van der Waals surface area contributed by atoms with E-state index < -0.39 is 0 Å². The molecule has 0 atom stereocenters. The summed E-state index contributed by atoms with van der Waals surface area (Å²) in [5.41, 5.74) is 0. The molecule has 0 aliphatic rings. The average Bonchev–Trinajstić information content (AvgIpc) is 1.64. The molecule has 0 bridgehead atoms. The van der Waals surface area contributed by atoms with Crippen molar-refractivity contribution in [1.82, 2.24) is 5.10 Å². The zero-order valence-electron chi connectivity index (χ0n) is 4.50. The molecule has 1 aromatic heterocycles. The van der Waals surface area contributed by atoms with Gasteiger partial charge in [0.1, 0.15) is 0 Å². The Labute approximate surface area is 52.7 Å². The molecule has 0 radical (unpaired) electrons. The van der Waals surface area contributed by atoms with Crippen molar-refractivity contribution < 1.29 is 4.68 Å². The van der Waals surface area contributed by atoms with Crippen molar-refractivity contribution in [1.29, 1.82) is 0 Å². The van der Waals surface area contributed by atoms with E-state index in [0.717, 1.165) is 0 Å². The van der Waals surface area contributed by atoms with E-state index in [1.54, 1.807) is 10.7 Å². The second kappa shape index (κ2) is 2.09. The monoisotopic (exact) mass is 129 g/mol. The first-order valence-corrected chi connectivity index (χ1v) is 2.65. The predicted molar refractivity (Wildman–Crippen MR) is 30.4 cm³/mol. The van der Waals surface area contributed by atoms with E-state index in [0.29, 0.717) is 5.15 Å². The minimum absolute atomic E-state index is 0.523. The van der Waals surface area contributed by atoms with Crippen molar-refractivity contribution in [3.05, 3.63) is 23.5 Å². The number of halogens is 1. The van der Waals surface area contributed by atoms with Crippen LogP contribution in [0.3, 0.4) is 0 Å². The van der Waals surface area contributed by atoms with E-state index in [9.17, 15) is 0 Å². The van der Waals surface area contributed by atoms with E-state index in [-0.39, 0.29) is 0 Å². The topological polar surface area (TPSA) is 16.8 Å². The zero-order valence-corrected chi connectivity index (χ0v) is 5.26. The molecular weight excluding hydrogens is 124 g/mol. The molecule has 0 aliphatic carbocycles. The van der Waals surface area contributed by atoms with Gasteiger partial charge in [0, 0.05) is 11.2 Å². The van der Waals surface area contributed by atoms with Crippen LogP contribution in [0.25, 0.3) is 0 Å². The van der Waals surface area contributed by atoms with Crippen LogP contribution >= 0.6 is 11.6 Å². The number of aromatic nitrogens is 2.